The Morgan fingerprint density at radius 3 is 2.86 bits per heavy atom. The van der Waals surface area contributed by atoms with Crippen LogP contribution in [-0.2, 0) is 9.47 Å². The Kier molecular flexibility index (Phi) is 3.72. The number of hydrogen-bond donors (Lipinski definition) is 1. The average Bonchev–Trinajstić information content (AvgIpc) is 2.98. The number of nitrogens with zero attached hydrogens (tertiary/aromatic N) is 1. The van der Waals surface area contributed by atoms with Crippen molar-refractivity contribution in [3.05, 3.63) is 17.7 Å². The Hall–Kier alpha value is -1.82. The number of hydrogen-bond acceptors (Lipinski definition) is 6. The highest BCUT2D eigenvalue weighted by atomic mass is 16.5. The number of carbonyl (C=O) groups excluding carboxylic acids is 1. The van der Waals surface area contributed by atoms with Gasteiger partial charge in [-0.15, -0.1) is 0 Å². The summed E-state index contributed by atoms with van der Waals surface area (Å²) >= 11 is 0. The highest BCUT2D eigenvalue weighted by molar-refractivity contribution is 5.92. The zero-order valence-electron chi connectivity index (χ0n) is 13.4. The lowest BCUT2D eigenvalue weighted by atomic mass is 9.57. The predicted octanol–water partition coefficient (Wildman–Crippen LogP) is 2.10. The maximum atomic E-state index is 11.7. The van der Waals surface area contributed by atoms with E-state index >= 15 is 0 Å². The summed E-state index contributed by atoms with van der Waals surface area (Å²) < 4.78 is 15.7. The highest BCUT2D eigenvalue weighted by Gasteiger charge is 2.59. The molecule has 2 heterocycles. The molecule has 6 heteroatoms. The molecule has 2 fully saturated rings. The van der Waals surface area contributed by atoms with Crippen LogP contribution in [0.4, 0.5) is 5.82 Å². The van der Waals surface area contributed by atoms with Gasteiger partial charge in [-0.05, 0) is 18.6 Å². The largest absolute Gasteiger partial charge is 0.480 e. The summed E-state index contributed by atoms with van der Waals surface area (Å²) in [5.74, 6) is 1.04. The first-order chi connectivity index (χ1) is 10.5. The smallest absolute Gasteiger partial charge is 0.343 e. The van der Waals surface area contributed by atoms with Crippen molar-refractivity contribution in [3.63, 3.8) is 0 Å². The summed E-state index contributed by atoms with van der Waals surface area (Å²) in [6.07, 6.45) is 1.39. The van der Waals surface area contributed by atoms with Crippen molar-refractivity contribution in [2.45, 2.75) is 32.4 Å². The molecular weight excluding hydrogens is 284 g/mol. The second-order valence-electron chi connectivity index (χ2n) is 6.43. The Morgan fingerprint density at radius 2 is 2.18 bits per heavy atom. The lowest BCUT2D eigenvalue weighted by Gasteiger charge is -2.54. The number of fused-ring (bicyclic) bond motifs is 1. The molecular formula is C16H22N2O4. The van der Waals surface area contributed by atoms with Gasteiger partial charge in [0.15, 0.2) is 0 Å². The lowest BCUT2D eigenvalue weighted by Crippen LogP contribution is -2.63. The van der Waals surface area contributed by atoms with E-state index in [-0.39, 0.29) is 11.3 Å². The molecule has 0 aromatic carbocycles. The van der Waals surface area contributed by atoms with E-state index in [1.54, 1.807) is 12.1 Å². The molecule has 0 amide bonds. The van der Waals surface area contributed by atoms with E-state index in [1.807, 2.05) is 0 Å². The van der Waals surface area contributed by atoms with Crippen molar-refractivity contribution in [3.8, 4) is 5.88 Å². The first-order valence-corrected chi connectivity index (χ1v) is 7.50. The van der Waals surface area contributed by atoms with Gasteiger partial charge < -0.3 is 19.5 Å². The maximum Gasteiger partial charge on any atom is 0.343 e. The van der Waals surface area contributed by atoms with Crippen LogP contribution in [0.15, 0.2) is 12.1 Å². The topological polar surface area (TPSA) is 69.7 Å². The molecule has 1 saturated heterocycles. The number of anilines is 1. The molecule has 1 aromatic rings. The van der Waals surface area contributed by atoms with E-state index in [0.717, 1.165) is 13.0 Å². The van der Waals surface area contributed by atoms with Crippen molar-refractivity contribution in [2.24, 2.45) is 11.3 Å². The minimum absolute atomic E-state index is 0.0666. The number of carbonyl (C=O) groups is 1. The molecule has 3 rings (SSSR count). The third-order valence-electron chi connectivity index (χ3n) is 4.86. The molecule has 2 aliphatic rings. The summed E-state index contributed by atoms with van der Waals surface area (Å²) in [7, 11) is 2.83. The summed E-state index contributed by atoms with van der Waals surface area (Å²) in [6.45, 7) is 5.24. The van der Waals surface area contributed by atoms with Gasteiger partial charge in [0.1, 0.15) is 11.4 Å². The van der Waals surface area contributed by atoms with Crippen LogP contribution in [0.5, 0.6) is 5.88 Å². The predicted molar refractivity (Wildman–Crippen MR) is 81.2 cm³/mol. The fourth-order valence-electron chi connectivity index (χ4n) is 3.72. The fourth-order valence-corrected chi connectivity index (χ4v) is 3.72. The monoisotopic (exact) mass is 306 g/mol. The van der Waals surface area contributed by atoms with Crippen molar-refractivity contribution in [2.75, 3.05) is 26.1 Å². The minimum Gasteiger partial charge on any atom is -0.480 e. The number of aromatic nitrogens is 1. The van der Waals surface area contributed by atoms with E-state index in [0.29, 0.717) is 29.4 Å². The van der Waals surface area contributed by atoms with E-state index in [4.69, 9.17) is 14.2 Å². The van der Waals surface area contributed by atoms with Gasteiger partial charge in [-0.1, -0.05) is 13.8 Å². The van der Waals surface area contributed by atoms with E-state index in [2.05, 4.69) is 24.1 Å². The van der Waals surface area contributed by atoms with Crippen LogP contribution in [0.2, 0.25) is 0 Å². The summed E-state index contributed by atoms with van der Waals surface area (Å²) in [5, 5.41) is 3.48. The van der Waals surface area contributed by atoms with Crippen LogP contribution in [0.3, 0.4) is 0 Å². The molecule has 1 saturated carbocycles. The summed E-state index contributed by atoms with van der Waals surface area (Å²) in [6, 6.07) is 3.77. The zero-order chi connectivity index (χ0) is 15.9. The SMILES string of the molecule is COC(=O)c1ccc(N[C@@H]2[C@H]3CCO[C@@H]3C2(C)C)nc1OC. The average molecular weight is 306 g/mol. The van der Waals surface area contributed by atoms with Gasteiger partial charge in [-0.2, -0.15) is 4.98 Å². The van der Waals surface area contributed by atoms with Crippen molar-refractivity contribution < 1.29 is 19.0 Å². The first kappa shape index (κ1) is 15.1. The number of rotatable bonds is 4. The number of esters is 1. The van der Waals surface area contributed by atoms with E-state index in [9.17, 15) is 4.79 Å². The lowest BCUT2D eigenvalue weighted by molar-refractivity contribution is -0.0924. The van der Waals surface area contributed by atoms with Crippen LogP contribution in [0.1, 0.15) is 30.6 Å². The highest BCUT2D eigenvalue weighted by Crippen LogP contribution is 2.53. The number of methoxy groups -OCH3 is 2. The summed E-state index contributed by atoms with van der Waals surface area (Å²) in [4.78, 5) is 16.1. The van der Waals surface area contributed by atoms with Crippen molar-refractivity contribution in [1.82, 2.24) is 4.98 Å². The quantitative estimate of drug-likeness (QED) is 0.859. The van der Waals surface area contributed by atoms with Crippen LogP contribution in [-0.4, -0.2) is 43.9 Å². The molecule has 3 atom stereocenters. The minimum atomic E-state index is -0.455. The molecule has 1 aliphatic carbocycles. The molecule has 120 valence electrons. The number of nitrogens with one attached hydrogen (secondary N) is 1. The van der Waals surface area contributed by atoms with E-state index < -0.39 is 5.97 Å². The number of ether oxygens (including phenoxy) is 3. The Bertz CT molecular complexity index is 588. The van der Waals surface area contributed by atoms with Crippen molar-refractivity contribution in [1.29, 1.82) is 0 Å². The molecule has 0 spiro atoms. The molecule has 0 bridgehead atoms. The molecule has 22 heavy (non-hydrogen) atoms. The molecule has 1 aliphatic heterocycles. The molecule has 1 aromatic heterocycles. The van der Waals surface area contributed by atoms with Gasteiger partial charge in [0, 0.05) is 24.0 Å². The maximum absolute atomic E-state index is 11.7. The van der Waals surface area contributed by atoms with Gasteiger partial charge >= 0.3 is 5.97 Å². The molecule has 1 N–H and O–H groups in total. The molecule has 0 radical (unpaired) electrons. The zero-order valence-corrected chi connectivity index (χ0v) is 13.4. The van der Waals surface area contributed by atoms with Gasteiger partial charge in [-0.3, -0.25) is 0 Å². The first-order valence-electron chi connectivity index (χ1n) is 7.50. The van der Waals surface area contributed by atoms with Crippen LogP contribution < -0.4 is 10.1 Å². The number of pyridine rings is 1. The fraction of sp³-hybridized carbons (Fsp3) is 0.625. The third-order valence-corrected chi connectivity index (χ3v) is 4.86. The second-order valence-corrected chi connectivity index (χ2v) is 6.43. The van der Waals surface area contributed by atoms with Gasteiger partial charge in [0.05, 0.1) is 20.3 Å². The van der Waals surface area contributed by atoms with Gasteiger partial charge in [0.2, 0.25) is 5.88 Å². The standard InChI is InChI=1S/C16H22N2O4/c1-16(2)12(9-7-8-22-13(9)16)17-11-6-5-10(15(19)21-4)14(18-11)20-3/h5-6,9,12-13H,7-8H2,1-4H3,(H,17,18)/t9-,12-,13+/m1/s1. The van der Waals surface area contributed by atoms with Crippen molar-refractivity contribution >= 4 is 11.8 Å². The Balaban J connectivity index is 1.80. The van der Waals surface area contributed by atoms with Crippen LogP contribution in [0.25, 0.3) is 0 Å². The Labute approximate surface area is 130 Å². The summed E-state index contributed by atoms with van der Waals surface area (Å²) in [5.41, 5.74) is 0.391. The second kappa shape index (κ2) is 5.43. The van der Waals surface area contributed by atoms with Gasteiger partial charge in [-0.25, -0.2) is 4.79 Å². The third kappa shape index (κ3) is 2.22. The molecule has 0 unspecified atom stereocenters. The Morgan fingerprint density at radius 1 is 1.41 bits per heavy atom. The molecule has 6 nitrogen and oxygen atoms in total. The van der Waals surface area contributed by atoms with Crippen LogP contribution in [0, 0.1) is 11.3 Å². The normalized spacial score (nSPS) is 28.5. The van der Waals surface area contributed by atoms with Crippen LogP contribution >= 0.6 is 0 Å². The van der Waals surface area contributed by atoms with Gasteiger partial charge in [0.25, 0.3) is 0 Å². The van der Waals surface area contributed by atoms with E-state index in [1.165, 1.54) is 14.2 Å².